The minimum absolute atomic E-state index is 1.50. The van der Waals surface area contributed by atoms with E-state index < -0.39 is 0 Å². The first-order valence-corrected chi connectivity index (χ1v) is 1.44. The first kappa shape index (κ1) is 28.2. The van der Waals surface area contributed by atoms with Gasteiger partial charge in [-0.2, -0.15) is 0 Å². The van der Waals surface area contributed by atoms with Crippen molar-refractivity contribution in [1.29, 1.82) is 0 Å². The normalized spacial score (nSPS) is 2.25. The molecule has 2 N–H and O–H groups in total. The Hall–Kier alpha value is -1.03. The van der Waals surface area contributed by atoms with E-state index in [1.807, 2.05) is 20.4 Å². The van der Waals surface area contributed by atoms with Crippen LogP contribution in [-0.4, -0.2) is 27.4 Å². The highest BCUT2D eigenvalue weighted by Crippen LogP contribution is 0.499. The van der Waals surface area contributed by atoms with Crippen molar-refractivity contribution in [3.05, 3.63) is 0 Å². The van der Waals surface area contributed by atoms with Crippen molar-refractivity contribution in [2.75, 3.05) is 7.05 Å². The monoisotopic (exact) mass is 121 g/mol. The van der Waals surface area contributed by atoms with Crippen molar-refractivity contribution in [3.63, 3.8) is 0 Å². The molecule has 0 atom stereocenters. The maximum Gasteiger partial charge on any atom is 0.106 e. The summed E-state index contributed by atoms with van der Waals surface area (Å²) in [7, 11) is 1.50. The van der Waals surface area contributed by atoms with E-state index in [-0.39, 0.29) is 0 Å². The second kappa shape index (κ2) is 139. The molecule has 0 rings (SSSR count). The molecule has 0 heterocycles. The summed E-state index contributed by atoms with van der Waals surface area (Å²) in [6.07, 6.45) is 0. The van der Waals surface area contributed by atoms with Gasteiger partial charge in [0.2, 0.25) is 0 Å². The molecule has 0 radical (unpaired) electrons. The van der Waals surface area contributed by atoms with Crippen molar-refractivity contribution in [3.8, 4) is 0 Å². The van der Waals surface area contributed by atoms with Crippen molar-refractivity contribution in [2.45, 2.75) is 0 Å². The van der Waals surface area contributed by atoms with Gasteiger partial charge in [0.05, 0.1) is 0 Å². The molecule has 50 valence electrons. The van der Waals surface area contributed by atoms with Crippen LogP contribution >= 0.6 is 0 Å². The summed E-state index contributed by atoms with van der Waals surface area (Å²) in [6.45, 7) is 6.00. The number of nitrogens with two attached hydrogens (primary N) is 1. The lowest BCUT2D eigenvalue weighted by molar-refractivity contribution is -0.0987. The van der Waals surface area contributed by atoms with Gasteiger partial charge in [-0.1, -0.05) is 0 Å². The van der Waals surface area contributed by atoms with Crippen LogP contribution in [0.3, 0.4) is 0 Å². The van der Waals surface area contributed by atoms with E-state index in [1.165, 1.54) is 7.05 Å². The molecule has 0 saturated heterocycles. The van der Waals surface area contributed by atoms with Crippen molar-refractivity contribution >= 4 is 20.4 Å². The maximum absolute atomic E-state index is 8.00. The predicted octanol–water partition coefficient (Wildman–Crippen LogP) is -0.980. The lowest BCUT2D eigenvalue weighted by atomic mass is 11.6. The fourth-order valence-corrected chi connectivity index (χ4v) is 0. The smallest absolute Gasteiger partial charge is 0.106 e. The van der Waals surface area contributed by atoms with Crippen molar-refractivity contribution < 1.29 is 14.4 Å². The minimum Gasteiger partial charge on any atom is -0.333 e. The number of hydrogen-bond acceptors (Lipinski definition) is 4. The third-order valence-electron chi connectivity index (χ3n) is 0. The summed E-state index contributed by atoms with van der Waals surface area (Å²) < 4.78 is 0. The first-order chi connectivity index (χ1) is 4.00. The molecule has 0 aliphatic rings. The lowest BCUT2D eigenvalue weighted by Crippen LogP contribution is -1.69. The van der Waals surface area contributed by atoms with E-state index in [1.54, 1.807) is 0 Å². The molecule has 8 heavy (non-hydrogen) atoms. The van der Waals surface area contributed by atoms with Gasteiger partial charge in [-0.3, -0.25) is 0 Å². The molecule has 0 aromatic heterocycles. The van der Waals surface area contributed by atoms with Gasteiger partial charge < -0.3 is 20.1 Å². The number of carbonyl (C=O) groups excluding carboxylic acids is 3. The molecule has 0 saturated carbocycles. The summed E-state index contributed by atoms with van der Waals surface area (Å²) in [5.41, 5.74) is 4.50. The number of hydrogen-bond donors (Lipinski definition) is 1. The molecule has 0 unspecified atom stereocenters. The largest absolute Gasteiger partial charge is 0.333 e. The molecule has 0 aliphatic carbocycles. The Kier molecular flexibility index (Phi) is 489. The van der Waals surface area contributed by atoms with E-state index in [9.17, 15) is 0 Å². The number of rotatable bonds is 0. The lowest BCUT2D eigenvalue weighted by Gasteiger charge is -1.19. The Morgan fingerprint density at radius 3 is 0.750 bits per heavy atom. The zero-order valence-electron chi connectivity index (χ0n) is 4.92. The molecule has 4 nitrogen and oxygen atoms in total. The first-order valence-electron chi connectivity index (χ1n) is 1.44. The second-order valence-corrected chi connectivity index (χ2v) is 0. The van der Waals surface area contributed by atoms with E-state index in [4.69, 9.17) is 14.4 Å². The average Bonchev–Trinajstić information content (AvgIpc) is 2.03. The average molecular weight is 121 g/mol. The standard InChI is InChI=1S/CH5N.3CH2O/c4*1-2/h2H2,1H3;3*1H2. The van der Waals surface area contributed by atoms with Crippen LogP contribution in [0.25, 0.3) is 0 Å². The third kappa shape index (κ3) is 73.8. The summed E-state index contributed by atoms with van der Waals surface area (Å²) in [6, 6.07) is 0. The Labute approximate surface area is 48.7 Å². The topological polar surface area (TPSA) is 77.2 Å². The molecule has 0 aromatic carbocycles. The Morgan fingerprint density at radius 1 is 0.750 bits per heavy atom. The molecule has 0 spiro atoms. The molecular weight excluding hydrogens is 110 g/mol. The number of carbonyl (C=O) groups is 3. The zero-order valence-corrected chi connectivity index (χ0v) is 4.92. The van der Waals surface area contributed by atoms with E-state index >= 15 is 0 Å². The fourth-order valence-electron chi connectivity index (χ4n) is 0. The zero-order chi connectivity index (χ0) is 8.00. The summed E-state index contributed by atoms with van der Waals surface area (Å²) in [4.78, 5) is 24.0. The maximum atomic E-state index is 8.00. The van der Waals surface area contributed by atoms with Crippen LogP contribution in [0.15, 0.2) is 0 Å². The highest BCUT2D eigenvalue weighted by Gasteiger charge is 0.836. The van der Waals surface area contributed by atoms with Crippen LogP contribution in [0, 0.1) is 0 Å². The van der Waals surface area contributed by atoms with Gasteiger partial charge in [-0.15, -0.1) is 0 Å². The fraction of sp³-hybridized carbons (Fsp3) is 0.250. The van der Waals surface area contributed by atoms with Crippen molar-refractivity contribution in [1.82, 2.24) is 0 Å². The SMILES string of the molecule is C=O.C=O.C=O.CN. The van der Waals surface area contributed by atoms with Crippen LogP contribution < -0.4 is 5.73 Å². The van der Waals surface area contributed by atoms with Gasteiger partial charge in [0.15, 0.2) is 0 Å². The minimum atomic E-state index is 1.50. The van der Waals surface area contributed by atoms with Crippen LogP contribution in [0.5, 0.6) is 0 Å². The summed E-state index contributed by atoms with van der Waals surface area (Å²) in [5, 5.41) is 0. The van der Waals surface area contributed by atoms with E-state index in [2.05, 4.69) is 5.73 Å². The van der Waals surface area contributed by atoms with Crippen LogP contribution in [0.4, 0.5) is 0 Å². The molecule has 0 aliphatic heterocycles. The highest BCUT2D eigenvalue weighted by molar-refractivity contribution is 5.11. The van der Waals surface area contributed by atoms with Crippen molar-refractivity contribution in [2.24, 2.45) is 5.73 Å². The van der Waals surface area contributed by atoms with Crippen LogP contribution in [0.2, 0.25) is 0 Å². The molecule has 4 heteroatoms. The van der Waals surface area contributed by atoms with Crippen LogP contribution in [-0.2, 0) is 14.4 Å². The molecule has 0 amide bonds. The summed E-state index contributed by atoms with van der Waals surface area (Å²) in [5.74, 6) is 0. The van der Waals surface area contributed by atoms with Gasteiger partial charge in [-0.25, -0.2) is 0 Å². The molecule has 0 fully saturated rings. The van der Waals surface area contributed by atoms with Gasteiger partial charge >= 0.3 is 0 Å². The second-order valence-electron chi connectivity index (χ2n) is 0. The van der Waals surface area contributed by atoms with Gasteiger partial charge in [0.25, 0.3) is 0 Å². The van der Waals surface area contributed by atoms with Gasteiger partial charge in [-0.05, 0) is 7.05 Å². The Bertz CT molecular complexity index is 16.0. The van der Waals surface area contributed by atoms with E-state index in [0.717, 1.165) is 0 Å². The quantitative estimate of drug-likeness (QED) is 0.447. The molecular formula is C4H11NO3. The van der Waals surface area contributed by atoms with E-state index in [0.29, 0.717) is 0 Å². The highest BCUT2D eigenvalue weighted by atomic mass is 16.1. The predicted molar refractivity (Wildman–Crippen MR) is 31.5 cm³/mol. The Balaban J connectivity index is -0.0000000133. The molecule has 0 bridgehead atoms. The van der Waals surface area contributed by atoms with Gasteiger partial charge in [0.1, 0.15) is 20.4 Å². The third-order valence-corrected chi connectivity index (χ3v) is 0. The Morgan fingerprint density at radius 2 is 0.750 bits per heavy atom. The van der Waals surface area contributed by atoms with Gasteiger partial charge in [0, 0.05) is 0 Å². The van der Waals surface area contributed by atoms with Crippen LogP contribution in [0.1, 0.15) is 0 Å². The summed E-state index contributed by atoms with van der Waals surface area (Å²) >= 11 is 0. The molecule has 0 aromatic rings.